The number of rotatable bonds is 2. The fourth-order valence-corrected chi connectivity index (χ4v) is 2.59. The molecule has 1 heterocycles. The van der Waals surface area contributed by atoms with Crippen molar-refractivity contribution in [2.24, 2.45) is 0 Å². The van der Waals surface area contributed by atoms with Crippen molar-refractivity contribution in [2.45, 2.75) is 13.8 Å². The van der Waals surface area contributed by atoms with Gasteiger partial charge < -0.3 is 5.32 Å². The van der Waals surface area contributed by atoms with Gasteiger partial charge in [-0.3, -0.25) is 4.98 Å². The minimum atomic E-state index is 0.549. The lowest BCUT2D eigenvalue weighted by Crippen LogP contribution is -2.00. The number of hydrogen-bond acceptors (Lipinski definition) is 3. The number of benzene rings is 1. The molecule has 3 nitrogen and oxygen atoms in total. The molecule has 1 aromatic carbocycles. The summed E-state index contributed by atoms with van der Waals surface area (Å²) in [6, 6.07) is 9.49. The molecular weight excluding hydrogens is 326 g/mol. The lowest BCUT2D eigenvalue weighted by Gasteiger charge is -2.12. The van der Waals surface area contributed by atoms with E-state index in [2.05, 4.69) is 32.3 Å². The van der Waals surface area contributed by atoms with Crippen molar-refractivity contribution in [1.29, 1.82) is 5.26 Å². The summed E-state index contributed by atoms with van der Waals surface area (Å²) in [7, 11) is 0. The molecule has 0 fully saturated rings. The van der Waals surface area contributed by atoms with E-state index in [1.807, 2.05) is 26.0 Å². The van der Waals surface area contributed by atoms with Crippen LogP contribution in [0.1, 0.15) is 17.0 Å². The molecule has 0 bridgehead atoms. The fourth-order valence-electron chi connectivity index (χ4n) is 1.80. The molecule has 5 heteroatoms. The van der Waals surface area contributed by atoms with Crippen LogP contribution in [-0.4, -0.2) is 4.98 Å². The van der Waals surface area contributed by atoms with E-state index in [-0.39, 0.29) is 0 Å². The van der Waals surface area contributed by atoms with Crippen molar-refractivity contribution in [2.75, 3.05) is 5.32 Å². The molecule has 0 saturated carbocycles. The predicted octanol–water partition coefficient (Wildman–Crippen LogP) is 4.73. The molecule has 0 aliphatic carbocycles. The highest BCUT2D eigenvalue weighted by molar-refractivity contribution is 9.10. The number of nitrogens with one attached hydrogen (secondary N) is 1. The summed E-state index contributed by atoms with van der Waals surface area (Å²) in [5, 5.41) is 13.1. The van der Waals surface area contributed by atoms with Gasteiger partial charge in [-0.1, -0.05) is 11.6 Å². The van der Waals surface area contributed by atoms with E-state index in [0.717, 1.165) is 27.2 Å². The number of hydrogen-bond donors (Lipinski definition) is 1. The zero-order valence-corrected chi connectivity index (χ0v) is 12.8. The van der Waals surface area contributed by atoms with Gasteiger partial charge in [0.15, 0.2) is 0 Å². The Balaban J connectivity index is 2.46. The molecule has 96 valence electrons. The van der Waals surface area contributed by atoms with Crippen molar-refractivity contribution < 1.29 is 0 Å². The smallest absolute Gasteiger partial charge is 0.103 e. The first kappa shape index (κ1) is 13.9. The van der Waals surface area contributed by atoms with Gasteiger partial charge >= 0.3 is 0 Å². The van der Waals surface area contributed by atoms with Gasteiger partial charge in [-0.05, 0) is 54.0 Å². The lowest BCUT2D eigenvalue weighted by molar-refractivity contribution is 1.11. The SMILES string of the molecule is Cc1cc(Nc2ccc(Cl)cc2Br)c(C#N)c(C)n1. The highest BCUT2D eigenvalue weighted by Crippen LogP contribution is 2.30. The Bertz CT molecular complexity index is 677. The quantitative estimate of drug-likeness (QED) is 0.862. The molecule has 0 unspecified atom stereocenters. The maximum Gasteiger partial charge on any atom is 0.103 e. The minimum Gasteiger partial charge on any atom is -0.353 e. The maximum absolute atomic E-state index is 9.22. The van der Waals surface area contributed by atoms with Crippen molar-refractivity contribution in [1.82, 2.24) is 4.98 Å². The van der Waals surface area contributed by atoms with Gasteiger partial charge in [-0.25, -0.2) is 0 Å². The first-order chi connectivity index (χ1) is 9.01. The minimum absolute atomic E-state index is 0.549. The van der Waals surface area contributed by atoms with Crippen LogP contribution in [0, 0.1) is 25.2 Å². The third-order valence-corrected chi connectivity index (χ3v) is 3.53. The monoisotopic (exact) mass is 335 g/mol. The number of nitrogens with zero attached hydrogens (tertiary/aromatic N) is 2. The highest BCUT2D eigenvalue weighted by Gasteiger charge is 2.09. The zero-order valence-electron chi connectivity index (χ0n) is 10.5. The molecule has 0 radical (unpaired) electrons. The molecule has 0 aliphatic heterocycles. The number of nitriles is 1. The Morgan fingerprint density at radius 3 is 2.63 bits per heavy atom. The van der Waals surface area contributed by atoms with E-state index in [4.69, 9.17) is 11.6 Å². The molecule has 1 aromatic heterocycles. The van der Waals surface area contributed by atoms with Gasteiger partial charge in [0.05, 0.1) is 22.6 Å². The van der Waals surface area contributed by atoms with Gasteiger partial charge in [0.2, 0.25) is 0 Å². The zero-order chi connectivity index (χ0) is 14.0. The molecule has 2 aromatic rings. The van der Waals surface area contributed by atoms with E-state index >= 15 is 0 Å². The standard InChI is InChI=1S/C14H11BrClN3/c1-8-5-14(11(7-17)9(2)18-8)19-13-4-3-10(16)6-12(13)15/h3-6H,1-2H3,(H,18,19). The summed E-state index contributed by atoms with van der Waals surface area (Å²) in [5.74, 6) is 0. The van der Waals surface area contributed by atoms with Crippen molar-refractivity contribution in [3.63, 3.8) is 0 Å². The van der Waals surface area contributed by atoms with Crippen LogP contribution in [0.3, 0.4) is 0 Å². The van der Waals surface area contributed by atoms with Crippen LogP contribution in [0.5, 0.6) is 0 Å². The first-order valence-electron chi connectivity index (χ1n) is 5.61. The van der Waals surface area contributed by atoms with E-state index in [0.29, 0.717) is 10.6 Å². The van der Waals surface area contributed by atoms with Gasteiger partial charge in [0.25, 0.3) is 0 Å². The molecule has 0 amide bonds. The van der Waals surface area contributed by atoms with Crippen molar-refractivity contribution in [3.05, 3.63) is 50.7 Å². The summed E-state index contributed by atoms with van der Waals surface area (Å²) in [6.07, 6.45) is 0. The predicted molar refractivity (Wildman–Crippen MR) is 80.9 cm³/mol. The van der Waals surface area contributed by atoms with Crippen LogP contribution in [0.4, 0.5) is 11.4 Å². The number of halogens is 2. The summed E-state index contributed by atoms with van der Waals surface area (Å²) >= 11 is 9.35. The number of aryl methyl sites for hydroxylation is 2. The van der Waals surface area contributed by atoms with E-state index < -0.39 is 0 Å². The van der Waals surface area contributed by atoms with Crippen LogP contribution in [0.15, 0.2) is 28.7 Å². The van der Waals surface area contributed by atoms with E-state index in [9.17, 15) is 5.26 Å². The molecular formula is C14H11BrClN3. The average Bonchev–Trinajstić information content (AvgIpc) is 2.32. The number of pyridine rings is 1. The van der Waals surface area contributed by atoms with Gasteiger partial charge in [-0.15, -0.1) is 0 Å². The Morgan fingerprint density at radius 1 is 1.26 bits per heavy atom. The first-order valence-corrected chi connectivity index (χ1v) is 6.79. The van der Waals surface area contributed by atoms with Gasteiger partial charge in [0.1, 0.15) is 6.07 Å². The summed E-state index contributed by atoms with van der Waals surface area (Å²) in [4.78, 5) is 4.29. The molecule has 0 atom stereocenters. The fraction of sp³-hybridized carbons (Fsp3) is 0.143. The van der Waals surface area contributed by atoms with Crippen molar-refractivity contribution >= 4 is 38.9 Å². The molecule has 2 rings (SSSR count). The van der Waals surface area contributed by atoms with Crippen molar-refractivity contribution in [3.8, 4) is 6.07 Å². The largest absolute Gasteiger partial charge is 0.353 e. The van der Waals surface area contributed by atoms with E-state index in [1.54, 1.807) is 12.1 Å². The average molecular weight is 337 g/mol. The number of aromatic nitrogens is 1. The van der Waals surface area contributed by atoms with Gasteiger partial charge in [0, 0.05) is 15.2 Å². The molecule has 0 saturated heterocycles. The molecule has 1 N–H and O–H groups in total. The van der Waals surface area contributed by atoms with Crippen LogP contribution in [0.2, 0.25) is 5.02 Å². The Labute approximate surface area is 125 Å². The molecule has 0 spiro atoms. The van der Waals surface area contributed by atoms with Gasteiger partial charge in [-0.2, -0.15) is 5.26 Å². The second-order valence-electron chi connectivity index (χ2n) is 4.13. The molecule has 19 heavy (non-hydrogen) atoms. The summed E-state index contributed by atoms with van der Waals surface area (Å²) < 4.78 is 0.844. The van der Waals surface area contributed by atoms with Crippen LogP contribution < -0.4 is 5.32 Å². The second-order valence-corrected chi connectivity index (χ2v) is 5.42. The molecule has 0 aliphatic rings. The Morgan fingerprint density at radius 2 is 2.00 bits per heavy atom. The summed E-state index contributed by atoms with van der Waals surface area (Å²) in [5.41, 5.74) is 3.73. The van der Waals surface area contributed by atoms with Crippen LogP contribution in [-0.2, 0) is 0 Å². The topological polar surface area (TPSA) is 48.7 Å². The summed E-state index contributed by atoms with van der Waals surface area (Å²) in [6.45, 7) is 3.73. The Kier molecular flexibility index (Phi) is 4.08. The Hall–Kier alpha value is -1.57. The third-order valence-electron chi connectivity index (χ3n) is 2.64. The maximum atomic E-state index is 9.22. The van der Waals surface area contributed by atoms with E-state index in [1.165, 1.54) is 0 Å². The van der Waals surface area contributed by atoms with Crippen LogP contribution in [0.25, 0.3) is 0 Å². The highest BCUT2D eigenvalue weighted by atomic mass is 79.9. The third kappa shape index (κ3) is 3.06. The normalized spacial score (nSPS) is 10.1. The number of anilines is 2. The van der Waals surface area contributed by atoms with Crippen LogP contribution >= 0.6 is 27.5 Å². The lowest BCUT2D eigenvalue weighted by atomic mass is 10.1. The second kappa shape index (κ2) is 5.60.